The Morgan fingerprint density at radius 3 is 2.33 bits per heavy atom. The van der Waals surface area contributed by atoms with E-state index in [1.807, 2.05) is 13.8 Å². The quantitative estimate of drug-likeness (QED) is 0.252. The van der Waals surface area contributed by atoms with Gasteiger partial charge < -0.3 is 9.47 Å². The average Bonchev–Trinajstić information content (AvgIpc) is 3.37. The van der Waals surface area contributed by atoms with Crippen LogP contribution in [0.1, 0.15) is 58.9 Å². The highest BCUT2D eigenvalue weighted by Gasteiger charge is 2.50. The van der Waals surface area contributed by atoms with Gasteiger partial charge in [-0.15, -0.1) is 0 Å². The molecule has 33 heavy (non-hydrogen) atoms. The lowest BCUT2D eigenvalue weighted by Gasteiger charge is -2.36. The van der Waals surface area contributed by atoms with E-state index in [1.165, 1.54) is 27.1 Å². The summed E-state index contributed by atoms with van der Waals surface area (Å²) in [4.78, 5) is 12.3. The van der Waals surface area contributed by atoms with E-state index in [-0.39, 0.29) is 24.1 Å². The van der Waals surface area contributed by atoms with Gasteiger partial charge in [-0.3, -0.25) is 4.79 Å². The number of hydrogen-bond donors (Lipinski definition) is 0. The lowest BCUT2D eigenvalue weighted by Crippen LogP contribution is -2.36. The standard InChI is InChI=1S/C29H33BrO3/c1-5-17(2)28(31)32-25-15-22-13-21(25)16-26(22)33-29(3,4)24-11-10-20-12-18-8-6-7-9-19(18)14-23(20)27(24)30/h6-12,14,17,21-22,25-26H,5,13,15-16H2,1-4H3. The van der Waals surface area contributed by atoms with Crippen LogP contribution < -0.4 is 0 Å². The summed E-state index contributed by atoms with van der Waals surface area (Å²) < 4.78 is 13.8. The van der Waals surface area contributed by atoms with E-state index in [4.69, 9.17) is 9.47 Å². The normalized spacial score (nSPS) is 25.6. The number of hydrogen-bond acceptors (Lipinski definition) is 3. The van der Waals surface area contributed by atoms with Crippen molar-refractivity contribution in [1.29, 1.82) is 0 Å². The molecule has 2 fully saturated rings. The second-order valence-corrected chi connectivity index (χ2v) is 11.3. The summed E-state index contributed by atoms with van der Waals surface area (Å²) in [6.45, 7) is 8.33. The van der Waals surface area contributed by atoms with Gasteiger partial charge in [0.1, 0.15) is 6.10 Å². The Kier molecular flexibility index (Phi) is 6.03. The molecule has 5 atom stereocenters. The molecule has 2 aliphatic rings. The highest BCUT2D eigenvalue weighted by atomic mass is 79.9. The number of ether oxygens (including phenoxy) is 2. The maximum absolute atomic E-state index is 12.3. The lowest BCUT2D eigenvalue weighted by molar-refractivity contribution is -0.160. The van der Waals surface area contributed by atoms with Gasteiger partial charge in [0.05, 0.1) is 17.6 Å². The zero-order chi connectivity index (χ0) is 23.3. The number of rotatable bonds is 6. The molecule has 3 aromatic rings. The lowest BCUT2D eigenvalue weighted by atomic mass is 9.91. The first-order chi connectivity index (χ1) is 15.8. The van der Waals surface area contributed by atoms with E-state index in [9.17, 15) is 4.79 Å². The van der Waals surface area contributed by atoms with E-state index in [2.05, 4.69) is 78.3 Å². The molecular weight excluding hydrogens is 476 g/mol. The third-order valence-corrected chi connectivity index (χ3v) is 8.78. The molecule has 0 saturated heterocycles. The number of benzene rings is 3. The molecule has 4 heteroatoms. The first kappa shape index (κ1) is 22.9. The summed E-state index contributed by atoms with van der Waals surface area (Å²) in [5.74, 6) is 0.834. The molecule has 0 amide bonds. The van der Waals surface area contributed by atoms with Crippen LogP contribution in [0.3, 0.4) is 0 Å². The van der Waals surface area contributed by atoms with Gasteiger partial charge in [0.25, 0.3) is 0 Å². The third-order valence-electron chi connectivity index (χ3n) is 7.92. The molecule has 0 heterocycles. The predicted molar refractivity (Wildman–Crippen MR) is 137 cm³/mol. The molecule has 0 aliphatic heterocycles. The van der Waals surface area contributed by atoms with Crippen LogP contribution in [0.25, 0.3) is 21.5 Å². The number of fused-ring (bicyclic) bond motifs is 4. The van der Waals surface area contributed by atoms with Crippen LogP contribution in [0, 0.1) is 17.8 Å². The van der Waals surface area contributed by atoms with Crippen molar-refractivity contribution in [3.05, 3.63) is 58.6 Å². The van der Waals surface area contributed by atoms with Crippen molar-refractivity contribution in [3.8, 4) is 0 Å². The second kappa shape index (κ2) is 8.70. The summed E-state index contributed by atoms with van der Waals surface area (Å²) in [6.07, 6.45) is 4.11. The van der Waals surface area contributed by atoms with Crippen molar-refractivity contribution in [2.24, 2.45) is 17.8 Å². The highest BCUT2D eigenvalue weighted by molar-refractivity contribution is 9.10. The summed E-state index contributed by atoms with van der Waals surface area (Å²) in [5.41, 5.74) is 0.754. The molecule has 5 rings (SSSR count). The Labute approximate surface area is 205 Å². The van der Waals surface area contributed by atoms with Gasteiger partial charge in [0.15, 0.2) is 0 Å². The van der Waals surface area contributed by atoms with Gasteiger partial charge in [0.2, 0.25) is 0 Å². The fraction of sp³-hybridized carbons (Fsp3) is 0.483. The first-order valence-corrected chi connectivity index (χ1v) is 13.1. The predicted octanol–water partition coefficient (Wildman–Crippen LogP) is 7.76. The van der Waals surface area contributed by atoms with Crippen molar-refractivity contribution in [3.63, 3.8) is 0 Å². The van der Waals surface area contributed by atoms with E-state index in [0.29, 0.717) is 11.8 Å². The Bertz CT molecular complexity index is 1200. The van der Waals surface area contributed by atoms with Crippen molar-refractivity contribution < 1.29 is 14.3 Å². The highest BCUT2D eigenvalue weighted by Crippen LogP contribution is 2.50. The van der Waals surface area contributed by atoms with Crippen molar-refractivity contribution in [2.45, 2.75) is 71.2 Å². The Morgan fingerprint density at radius 1 is 1.00 bits per heavy atom. The Morgan fingerprint density at radius 2 is 1.67 bits per heavy atom. The number of carbonyl (C=O) groups is 1. The molecule has 2 aliphatic carbocycles. The summed E-state index contributed by atoms with van der Waals surface area (Å²) >= 11 is 3.91. The Hall–Kier alpha value is -1.91. The number of halogens is 1. The topological polar surface area (TPSA) is 35.5 Å². The molecule has 5 unspecified atom stereocenters. The van der Waals surface area contributed by atoms with Gasteiger partial charge >= 0.3 is 5.97 Å². The molecule has 2 saturated carbocycles. The smallest absolute Gasteiger partial charge is 0.308 e. The van der Waals surface area contributed by atoms with Crippen molar-refractivity contribution >= 4 is 43.4 Å². The van der Waals surface area contributed by atoms with Crippen LogP contribution in [0.15, 0.2) is 53.0 Å². The molecule has 3 aromatic carbocycles. The minimum absolute atomic E-state index is 0.0162. The van der Waals surface area contributed by atoms with Crippen LogP contribution in [-0.2, 0) is 19.9 Å². The molecule has 0 N–H and O–H groups in total. The molecule has 3 nitrogen and oxygen atoms in total. The fourth-order valence-electron chi connectivity index (χ4n) is 5.77. The van der Waals surface area contributed by atoms with Crippen LogP contribution in [-0.4, -0.2) is 18.2 Å². The molecule has 2 bridgehead atoms. The van der Waals surface area contributed by atoms with Gasteiger partial charge in [-0.25, -0.2) is 0 Å². The molecule has 0 aromatic heterocycles. The average molecular weight is 509 g/mol. The maximum Gasteiger partial charge on any atom is 0.308 e. The van der Waals surface area contributed by atoms with Gasteiger partial charge in [0, 0.05) is 4.47 Å². The summed E-state index contributed by atoms with van der Waals surface area (Å²) in [6, 6.07) is 17.4. The minimum atomic E-state index is -0.420. The fourth-order valence-corrected chi connectivity index (χ4v) is 6.73. The van der Waals surface area contributed by atoms with Crippen LogP contribution in [0.5, 0.6) is 0 Å². The van der Waals surface area contributed by atoms with E-state index >= 15 is 0 Å². The van der Waals surface area contributed by atoms with Gasteiger partial charge in [-0.05, 0) is 107 Å². The van der Waals surface area contributed by atoms with Crippen LogP contribution >= 0.6 is 15.9 Å². The molecular formula is C29H33BrO3. The SMILES string of the molecule is CCC(C)C(=O)OC1CC2CC1CC2OC(C)(C)c1ccc2cc3ccccc3cc2c1Br. The first-order valence-electron chi connectivity index (χ1n) is 12.3. The molecule has 0 radical (unpaired) electrons. The molecule has 0 spiro atoms. The number of esters is 1. The molecule has 174 valence electrons. The van der Waals surface area contributed by atoms with Crippen LogP contribution in [0.2, 0.25) is 0 Å². The van der Waals surface area contributed by atoms with Crippen molar-refractivity contribution in [1.82, 2.24) is 0 Å². The van der Waals surface area contributed by atoms with Gasteiger partial charge in [-0.2, -0.15) is 0 Å². The Balaban J connectivity index is 1.33. The number of carbonyl (C=O) groups excluding carboxylic acids is 1. The zero-order valence-corrected chi connectivity index (χ0v) is 21.5. The summed E-state index contributed by atoms with van der Waals surface area (Å²) in [7, 11) is 0. The summed E-state index contributed by atoms with van der Waals surface area (Å²) in [5, 5.41) is 4.94. The second-order valence-electron chi connectivity index (χ2n) is 10.5. The van der Waals surface area contributed by atoms with E-state index < -0.39 is 5.60 Å². The largest absolute Gasteiger partial charge is 0.462 e. The van der Waals surface area contributed by atoms with Gasteiger partial charge in [-0.1, -0.05) is 50.2 Å². The van der Waals surface area contributed by atoms with E-state index in [0.717, 1.165) is 30.2 Å². The monoisotopic (exact) mass is 508 g/mol. The minimum Gasteiger partial charge on any atom is -0.462 e. The zero-order valence-electron chi connectivity index (χ0n) is 19.9. The van der Waals surface area contributed by atoms with Crippen LogP contribution in [0.4, 0.5) is 0 Å². The van der Waals surface area contributed by atoms with Crippen molar-refractivity contribution in [2.75, 3.05) is 0 Å². The third kappa shape index (κ3) is 4.21. The maximum atomic E-state index is 12.3. The van der Waals surface area contributed by atoms with E-state index in [1.54, 1.807) is 0 Å².